The molecule has 2 heterocycles. The van der Waals surface area contributed by atoms with Crippen LogP contribution in [0.25, 0.3) is 0 Å². The van der Waals surface area contributed by atoms with Gasteiger partial charge in [0.15, 0.2) is 0 Å². The summed E-state index contributed by atoms with van der Waals surface area (Å²) in [4.78, 5) is 31.1. The van der Waals surface area contributed by atoms with Crippen molar-refractivity contribution in [2.24, 2.45) is 0 Å². The third kappa shape index (κ3) is 4.71. The average Bonchev–Trinajstić information content (AvgIpc) is 3.20. The van der Waals surface area contributed by atoms with Crippen molar-refractivity contribution in [2.75, 3.05) is 24.6 Å². The standard InChI is InChI=1S/C21H25N3O3/c1-3-24(18-7-4-6-15(2)10-18)21(26)17-11-16(12-22-13-17)20(25)23-14-19-8-5-9-27-19/h4,6-7,10-13,19H,3,5,8-9,14H2,1-2H3,(H,23,25). The summed E-state index contributed by atoms with van der Waals surface area (Å²) in [6.07, 6.45) is 5.03. The molecule has 2 amide bonds. The molecule has 27 heavy (non-hydrogen) atoms. The summed E-state index contributed by atoms with van der Waals surface area (Å²) in [5.74, 6) is -0.421. The van der Waals surface area contributed by atoms with Crippen molar-refractivity contribution in [3.8, 4) is 0 Å². The Hall–Kier alpha value is -2.73. The Morgan fingerprint density at radius 3 is 2.78 bits per heavy atom. The molecule has 2 aromatic rings. The number of nitrogens with zero attached hydrogens (tertiary/aromatic N) is 2. The molecule has 1 unspecified atom stereocenters. The first-order valence-electron chi connectivity index (χ1n) is 9.32. The Labute approximate surface area is 159 Å². The van der Waals surface area contributed by atoms with Crippen molar-refractivity contribution >= 4 is 17.5 Å². The van der Waals surface area contributed by atoms with Gasteiger partial charge in [-0.25, -0.2) is 0 Å². The van der Waals surface area contributed by atoms with E-state index in [1.807, 2.05) is 38.1 Å². The Morgan fingerprint density at radius 2 is 2.07 bits per heavy atom. The summed E-state index contributed by atoms with van der Waals surface area (Å²) in [6.45, 7) is 5.66. The fraction of sp³-hybridized carbons (Fsp3) is 0.381. The first-order chi connectivity index (χ1) is 13.1. The molecule has 1 atom stereocenters. The lowest BCUT2D eigenvalue weighted by Gasteiger charge is -2.21. The number of benzene rings is 1. The largest absolute Gasteiger partial charge is 0.376 e. The monoisotopic (exact) mass is 367 g/mol. The second kappa shape index (κ2) is 8.77. The molecule has 0 saturated carbocycles. The normalized spacial score (nSPS) is 16.1. The summed E-state index contributed by atoms with van der Waals surface area (Å²) in [6, 6.07) is 9.38. The van der Waals surface area contributed by atoms with E-state index in [1.54, 1.807) is 11.0 Å². The molecule has 0 bridgehead atoms. The molecule has 0 spiro atoms. The molecule has 1 saturated heterocycles. The van der Waals surface area contributed by atoms with Crippen LogP contribution in [0.2, 0.25) is 0 Å². The van der Waals surface area contributed by atoms with E-state index in [0.29, 0.717) is 24.2 Å². The maximum atomic E-state index is 13.0. The molecule has 1 aliphatic rings. The number of amides is 2. The van der Waals surface area contributed by atoms with Crippen LogP contribution in [0.1, 0.15) is 46.0 Å². The summed E-state index contributed by atoms with van der Waals surface area (Å²) in [5.41, 5.74) is 2.68. The average molecular weight is 367 g/mol. The summed E-state index contributed by atoms with van der Waals surface area (Å²) >= 11 is 0. The van der Waals surface area contributed by atoms with Crippen LogP contribution in [0.3, 0.4) is 0 Å². The van der Waals surface area contributed by atoms with E-state index >= 15 is 0 Å². The van der Waals surface area contributed by atoms with E-state index < -0.39 is 0 Å². The van der Waals surface area contributed by atoms with Gasteiger partial charge in [0.1, 0.15) is 0 Å². The fourth-order valence-corrected chi connectivity index (χ4v) is 3.19. The zero-order valence-corrected chi connectivity index (χ0v) is 15.8. The SMILES string of the molecule is CCN(C(=O)c1cncc(C(=O)NCC2CCCO2)c1)c1cccc(C)c1. The zero-order valence-electron chi connectivity index (χ0n) is 15.8. The molecule has 6 nitrogen and oxygen atoms in total. The van der Waals surface area contributed by atoms with Gasteiger partial charge < -0.3 is 15.0 Å². The van der Waals surface area contributed by atoms with E-state index in [4.69, 9.17) is 4.74 Å². The van der Waals surface area contributed by atoms with Gasteiger partial charge in [-0.3, -0.25) is 14.6 Å². The predicted octanol–water partition coefficient (Wildman–Crippen LogP) is 2.97. The van der Waals surface area contributed by atoms with Gasteiger partial charge in [-0.1, -0.05) is 12.1 Å². The number of carbonyl (C=O) groups is 2. The lowest BCUT2D eigenvalue weighted by molar-refractivity contribution is 0.0857. The molecule has 0 radical (unpaired) electrons. The number of nitrogens with one attached hydrogen (secondary N) is 1. The smallest absolute Gasteiger partial charge is 0.259 e. The first-order valence-corrected chi connectivity index (χ1v) is 9.32. The van der Waals surface area contributed by atoms with Crippen molar-refractivity contribution in [1.82, 2.24) is 10.3 Å². The molecule has 3 rings (SSSR count). The van der Waals surface area contributed by atoms with E-state index in [9.17, 15) is 9.59 Å². The third-order valence-corrected chi connectivity index (χ3v) is 4.64. The van der Waals surface area contributed by atoms with Crippen LogP contribution < -0.4 is 10.2 Å². The number of pyridine rings is 1. The summed E-state index contributed by atoms with van der Waals surface area (Å²) < 4.78 is 5.51. The summed E-state index contributed by atoms with van der Waals surface area (Å²) in [5, 5.41) is 2.86. The predicted molar refractivity (Wildman–Crippen MR) is 104 cm³/mol. The van der Waals surface area contributed by atoms with Crippen molar-refractivity contribution in [3.63, 3.8) is 0 Å². The van der Waals surface area contributed by atoms with Gasteiger partial charge in [0, 0.05) is 37.8 Å². The van der Waals surface area contributed by atoms with Gasteiger partial charge in [0.2, 0.25) is 0 Å². The molecule has 1 fully saturated rings. The molecule has 1 aromatic carbocycles. The quantitative estimate of drug-likeness (QED) is 0.852. The molecule has 6 heteroatoms. The Kier molecular flexibility index (Phi) is 6.19. The second-order valence-corrected chi connectivity index (χ2v) is 6.70. The molecule has 0 aliphatic carbocycles. The highest BCUT2D eigenvalue weighted by Crippen LogP contribution is 2.19. The van der Waals surface area contributed by atoms with Crippen molar-refractivity contribution in [3.05, 3.63) is 59.4 Å². The van der Waals surface area contributed by atoms with Crippen LogP contribution in [0, 0.1) is 6.92 Å². The number of carbonyl (C=O) groups excluding carboxylic acids is 2. The minimum absolute atomic E-state index is 0.0728. The highest BCUT2D eigenvalue weighted by atomic mass is 16.5. The van der Waals surface area contributed by atoms with Gasteiger partial charge in [0.05, 0.1) is 17.2 Å². The van der Waals surface area contributed by atoms with Crippen LogP contribution in [0.4, 0.5) is 5.69 Å². The van der Waals surface area contributed by atoms with Crippen molar-refractivity contribution in [1.29, 1.82) is 0 Å². The van der Waals surface area contributed by atoms with Gasteiger partial charge in [0.25, 0.3) is 11.8 Å². The minimum Gasteiger partial charge on any atom is -0.376 e. The Morgan fingerprint density at radius 1 is 1.26 bits per heavy atom. The Balaban J connectivity index is 1.73. The van der Waals surface area contributed by atoms with Crippen LogP contribution >= 0.6 is 0 Å². The first kappa shape index (κ1) is 19.0. The second-order valence-electron chi connectivity index (χ2n) is 6.70. The minimum atomic E-state index is -0.244. The van der Waals surface area contributed by atoms with E-state index in [2.05, 4.69) is 10.3 Å². The number of rotatable bonds is 6. The van der Waals surface area contributed by atoms with Crippen LogP contribution in [0.5, 0.6) is 0 Å². The number of ether oxygens (including phenoxy) is 1. The lowest BCUT2D eigenvalue weighted by Crippen LogP contribution is -2.33. The van der Waals surface area contributed by atoms with Crippen LogP contribution in [0.15, 0.2) is 42.7 Å². The lowest BCUT2D eigenvalue weighted by atomic mass is 10.1. The number of hydrogen-bond acceptors (Lipinski definition) is 4. The molecule has 142 valence electrons. The van der Waals surface area contributed by atoms with E-state index in [0.717, 1.165) is 30.7 Å². The molecular weight excluding hydrogens is 342 g/mol. The summed E-state index contributed by atoms with van der Waals surface area (Å²) in [7, 11) is 0. The molecule has 1 aromatic heterocycles. The molecule has 1 aliphatic heterocycles. The van der Waals surface area contributed by atoms with Crippen molar-refractivity contribution in [2.45, 2.75) is 32.8 Å². The number of anilines is 1. The maximum absolute atomic E-state index is 13.0. The zero-order chi connectivity index (χ0) is 19.2. The van der Waals surface area contributed by atoms with Crippen molar-refractivity contribution < 1.29 is 14.3 Å². The Bertz CT molecular complexity index is 816. The topological polar surface area (TPSA) is 71.5 Å². The van der Waals surface area contributed by atoms with E-state index in [-0.39, 0.29) is 17.9 Å². The van der Waals surface area contributed by atoms with Gasteiger partial charge in [-0.2, -0.15) is 0 Å². The van der Waals surface area contributed by atoms with E-state index in [1.165, 1.54) is 12.4 Å². The number of aromatic nitrogens is 1. The highest BCUT2D eigenvalue weighted by molar-refractivity contribution is 6.07. The fourth-order valence-electron chi connectivity index (χ4n) is 3.19. The van der Waals surface area contributed by atoms with Gasteiger partial charge >= 0.3 is 0 Å². The van der Waals surface area contributed by atoms with Crippen LogP contribution in [-0.4, -0.2) is 42.6 Å². The van der Waals surface area contributed by atoms with Gasteiger partial charge in [-0.05, 0) is 50.5 Å². The number of aryl methyl sites for hydroxylation is 1. The maximum Gasteiger partial charge on any atom is 0.259 e. The van der Waals surface area contributed by atoms with Gasteiger partial charge in [-0.15, -0.1) is 0 Å². The highest BCUT2D eigenvalue weighted by Gasteiger charge is 2.20. The molecular formula is C21H25N3O3. The molecule has 1 N–H and O–H groups in total. The number of hydrogen-bond donors (Lipinski definition) is 1. The third-order valence-electron chi connectivity index (χ3n) is 4.64. The van der Waals surface area contributed by atoms with Crippen LogP contribution in [-0.2, 0) is 4.74 Å².